The van der Waals surface area contributed by atoms with Crippen molar-refractivity contribution in [1.29, 1.82) is 0 Å². The molecular weight excluding hydrogens is 311 g/mol. The summed E-state index contributed by atoms with van der Waals surface area (Å²) in [6, 6.07) is 8.95. The monoisotopic (exact) mass is 326 g/mol. The van der Waals surface area contributed by atoms with E-state index in [-0.39, 0.29) is 11.4 Å². The predicted molar refractivity (Wildman–Crippen MR) is 83.1 cm³/mol. The van der Waals surface area contributed by atoms with E-state index in [9.17, 15) is 4.39 Å². The van der Waals surface area contributed by atoms with Gasteiger partial charge in [0.15, 0.2) is 11.4 Å². The molecule has 2 heterocycles. The summed E-state index contributed by atoms with van der Waals surface area (Å²) in [5, 5.41) is 0.464. The summed E-state index contributed by atoms with van der Waals surface area (Å²) < 4.78 is 24.9. The first-order chi connectivity index (χ1) is 10.2. The Hall–Kier alpha value is -0.940. The van der Waals surface area contributed by atoms with Gasteiger partial charge in [-0.2, -0.15) is 4.39 Å². The second-order valence-corrected chi connectivity index (χ2v) is 6.52. The van der Waals surface area contributed by atoms with E-state index in [4.69, 9.17) is 21.1 Å². The SMILES string of the molecule is Fc1cc(-c2ccc(Cl)cc2)c(COC2CCCCO2)s1. The molecule has 2 aromatic rings. The van der Waals surface area contributed by atoms with E-state index < -0.39 is 0 Å². The molecule has 1 aromatic carbocycles. The molecule has 21 heavy (non-hydrogen) atoms. The topological polar surface area (TPSA) is 18.5 Å². The molecule has 1 aliphatic heterocycles. The van der Waals surface area contributed by atoms with Crippen molar-refractivity contribution in [3.05, 3.63) is 45.4 Å². The Labute approximate surface area is 132 Å². The first-order valence-electron chi connectivity index (χ1n) is 7.00. The van der Waals surface area contributed by atoms with E-state index in [1.165, 1.54) is 0 Å². The molecule has 1 aromatic heterocycles. The van der Waals surface area contributed by atoms with E-state index in [2.05, 4.69) is 0 Å². The second-order valence-electron chi connectivity index (χ2n) is 5.00. The second kappa shape index (κ2) is 6.88. The van der Waals surface area contributed by atoms with Gasteiger partial charge in [-0.3, -0.25) is 0 Å². The maximum atomic E-state index is 13.6. The van der Waals surface area contributed by atoms with Gasteiger partial charge in [-0.15, -0.1) is 11.3 Å². The number of thiophene rings is 1. The number of halogens is 2. The molecule has 1 fully saturated rings. The molecule has 0 N–H and O–H groups in total. The van der Waals surface area contributed by atoms with Gasteiger partial charge in [0.25, 0.3) is 0 Å². The van der Waals surface area contributed by atoms with Crippen LogP contribution in [0, 0.1) is 5.13 Å². The lowest BCUT2D eigenvalue weighted by Crippen LogP contribution is -2.21. The first-order valence-corrected chi connectivity index (χ1v) is 8.19. The molecule has 1 unspecified atom stereocenters. The quantitative estimate of drug-likeness (QED) is 0.764. The molecule has 0 bridgehead atoms. The highest BCUT2D eigenvalue weighted by atomic mass is 35.5. The van der Waals surface area contributed by atoms with Crippen molar-refractivity contribution in [2.75, 3.05) is 6.61 Å². The van der Waals surface area contributed by atoms with Gasteiger partial charge in [-0.05, 0) is 43.0 Å². The van der Waals surface area contributed by atoms with E-state index in [1.807, 2.05) is 12.1 Å². The van der Waals surface area contributed by atoms with Crippen LogP contribution in [0.2, 0.25) is 5.02 Å². The maximum Gasteiger partial charge on any atom is 0.177 e. The van der Waals surface area contributed by atoms with Gasteiger partial charge in [-0.25, -0.2) is 0 Å². The van der Waals surface area contributed by atoms with Crippen molar-refractivity contribution < 1.29 is 13.9 Å². The Morgan fingerprint density at radius 1 is 1.29 bits per heavy atom. The van der Waals surface area contributed by atoms with Gasteiger partial charge in [0.2, 0.25) is 0 Å². The van der Waals surface area contributed by atoms with E-state index >= 15 is 0 Å². The fourth-order valence-electron chi connectivity index (χ4n) is 2.39. The van der Waals surface area contributed by atoms with Crippen molar-refractivity contribution in [3.63, 3.8) is 0 Å². The molecule has 112 valence electrons. The lowest BCUT2D eigenvalue weighted by molar-refractivity contribution is -0.168. The number of benzene rings is 1. The smallest absolute Gasteiger partial charge is 0.177 e. The van der Waals surface area contributed by atoms with Crippen LogP contribution in [0.15, 0.2) is 30.3 Å². The number of ether oxygens (including phenoxy) is 2. The molecule has 3 rings (SSSR count). The Morgan fingerprint density at radius 3 is 2.81 bits per heavy atom. The minimum absolute atomic E-state index is 0.165. The van der Waals surface area contributed by atoms with Crippen molar-refractivity contribution >= 4 is 22.9 Å². The zero-order chi connectivity index (χ0) is 14.7. The summed E-state index contributed by atoms with van der Waals surface area (Å²) in [6.45, 7) is 1.12. The van der Waals surface area contributed by atoms with Crippen molar-refractivity contribution in [2.45, 2.75) is 32.2 Å². The first kappa shape index (κ1) is 15.0. The zero-order valence-electron chi connectivity index (χ0n) is 11.5. The van der Waals surface area contributed by atoms with Gasteiger partial charge in [0.05, 0.1) is 6.61 Å². The average Bonchev–Trinajstić information content (AvgIpc) is 2.88. The van der Waals surface area contributed by atoms with Crippen molar-refractivity contribution in [2.24, 2.45) is 0 Å². The van der Waals surface area contributed by atoms with Crippen LogP contribution in [0.5, 0.6) is 0 Å². The Balaban J connectivity index is 1.74. The largest absolute Gasteiger partial charge is 0.353 e. The van der Waals surface area contributed by atoms with Crippen molar-refractivity contribution in [3.8, 4) is 11.1 Å². The summed E-state index contributed by atoms with van der Waals surface area (Å²) in [5.41, 5.74) is 1.81. The van der Waals surface area contributed by atoms with Crippen LogP contribution in [0.1, 0.15) is 24.1 Å². The Morgan fingerprint density at radius 2 is 2.10 bits per heavy atom. The van der Waals surface area contributed by atoms with Crippen LogP contribution in [-0.2, 0) is 16.1 Å². The van der Waals surface area contributed by atoms with Gasteiger partial charge >= 0.3 is 0 Å². The Bertz CT molecular complexity index is 591. The van der Waals surface area contributed by atoms with Crippen LogP contribution in [0.25, 0.3) is 11.1 Å². The van der Waals surface area contributed by atoms with E-state index in [1.54, 1.807) is 18.2 Å². The minimum Gasteiger partial charge on any atom is -0.353 e. The lowest BCUT2D eigenvalue weighted by Gasteiger charge is -2.22. The summed E-state index contributed by atoms with van der Waals surface area (Å²) >= 11 is 7.02. The van der Waals surface area contributed by atoms with Gasteiger partial charge in [0.1, 0.15) is 0 Å². The van der Waals surface area contributed by atoms with Gasteiger partial charge in [0, 0.05) is 22.1 Å². The fourth-order valence-corrected chi connectivity index (χ4v) is 3.34. The third kappa shape index (κ3) is 3.83. The van der Waals surface area contributed by atoms with Crippen LogP contribution in [0.3, 0.4) is 0 Å². The fraction of sp³-hybridized carbons (Fsp3) is 0.375. The molecule has 1 atom stereocenters. The van der Waals surface area contributed by atoms with Gasteiger partial charge < -0.3 is 9.47 Å². The van der Waals surface area contributed by atoms with Crippen molar-refractivity contribution in [1.82, 2.24) is 0 Å². The number of hydrogen-bond donors (Lipinski definition) is 0. The number of hydrogen-bond acceptors (Lipinski definition) is 3. The molecular formula is C16H16ClFO2S. The summed E-state index contributed by atoms with van der Waals surface area (Å²) in [6.07, 6.45) is 2.95. The highest BCUT2D eigenvalue weighted by molar-refractivity contribution is 7.10. The molecule has 0 spiro atoms. The molecule has 0 saturated carbocycles. The molecule has 0 radical (unpaired) electrons. The predicted octanol–water partition coefficient (Wildman–Crippen LogP) is 5.25. The third-order valence-corrected chi connectivity index (χ3v) is 4.62. The highest BCUT2D eigenvalue weighted by Crippen LogP contribution is 2.32. The molecule has 2 nitrogen and oxygen atoms in total. The summed E-state index contributed by atoms with van der Waals surface area (Å²) in [5.74, 6) is 0. The van der Waals surface area contributed by atoms with Crippen LogP contribution < -0.4 is 0 Å². The summed E-state index contributed by atoms with van der Waals surface area (Å²) in [7, 11) is 0. The molecule has 1 aliphatic rings. The Kier molecular flexibility index (Phi) is 4.91. The highest BCUT2D eigenvalue weighted by Gasteiger charge is 2.17. The maximum absolute atomic E-state index is 13.6. The average molecular weight is 327 g/mol. The standard InChI is InChI=1S/C16H16ClFO2S/c17-12-6-4-11(5-7-12)13-9-15(18)21-14(13)10-20-16-3-1-2-8-19-16/h4-7,9,16H,1-3,8,10H2. The molecule has 1 saturated heterocycles. The van der Waals surface area contributed by atoms with Crippen LogP contribution >= 0.6 is 22.9 Å². The molecule has 5 heteroatoms. The van der Waals surface area contributed by atoms with E-state index in [0.717, 1.165) is 53.2 Å². The van der Waals surface area contributed by atoms with Crippen LogP contribution in [-0.4, -0.2) is 12.9 Å². The zero-order valence-corrected chi connectivity index (χ0v) is 13.1. The lowest BCUT2D eigenvalue weighted by atomic mass is 10.1. The number of rotatable bonds is 4. The molecule has 0 aliphatic carbocycles. The molecule has 0 amide bonds. The minimum atomic E-state index is -0.205. The van der Waals surface area contributed by atoms with E-state index in [0.29, 0.717) is 11.6 Å². The summed E-state index contributed by atoms with van der Waals surface area (Å²) in [4.78, 5) is 0.879. The van der Waals surface area contributed by atoms with Crippen LogP contribution in [0.4, 0.5) is 4.39 Å². The third-order valence-electron chi connectivity index (χ3n) is 3.47. The van der Waals surface area contributed by atoms with Gasteiger partial charge in [-0.1, -0.05) is 23.7 Å². The normalized spacial score (nSPS) is 18.9.